The minimum Gasteiger partial charge on any atom is -0.454 e. The molecule has 6 rings (SSSR count). The summed E-state index contributed by atoms with van der Waals surface area (Å²) >= 11 is 0. The standard InChI is InChI=1S/C20H18O6/c1-3-15-17(25-9-23-15)5-11(1)19-13-7-22-20(14(13)8-21-19)12-2-4-16-18(6-12)26-10-24-16/h1-6,13-14,19-20H,7-10H2/t13?,14?,19-,20-/m0/s1. The van der Waals surface area contributed by atoms with Crippen LogP contribution in [0.25, 0.3) is 0 Å². The normalized spacial score (nSPS) is 30.6. The summed E-state index contributed by atoms with van der Waals surface area (Å²) in [6.07, 6.45) is 0.0435. The van der Waals surface area contributed by atoms with Gasteiger partial charge in [0.25, 0.3) is 0 Å². The van der Waals surface area contributed by atoms with Crippen molar-refractivity contribution in [1.82, 2.24) is 0 Å². The Morgan fingerprint density at radius 3 is 1.54 bits per heavy atom. The molecule has 2 fully saturated rings. The van der Waals surface area contributed by atoms with Crippen molar-refractivity contribution in [2.75, 3.05) is 26.8 Å². The molecule has 4 heterocycles. The number of benzene rings is 2. The minimum absolute atomic E-state index is 0.0218. The fourth-order valence-corrected chi connectivity index (χ4v) is 4.41. The van der Waals surface area contributed by atoms with Crippen LogP contribution in [0.4, 0.5) is 0 Å². The highest BCUT2D eigenvalue weighted by Gasteiger charge is 2.48. The number of fused-ring (bicyclic) bond motifs is 3. The zero-order valence-electron chi connectivity index (χ0n) is 14.1. The molecule has 0 radical (unpaired) electrons. The van der Waals surface area contributed by atoms with Gasteiger partial charge in [-0.2, -0.15) is 0 Å². The molecule has 0 spiro atoms. The van der Waals surface area contributed by atoms with Gasteiger partial charge in [-0.05, 0) is 35.4 Å². The molecule has 4 aliphatic heterocycles. The second kappa shape index (κ2) is 5.53. The van der Waals surface area contributed by atoms with E-state index in [4.69, 9.17) is 28.4 Å². The number of hydrogen-bond donors (Lipinski definition) is 0. The average molecular weight is 354 g/mol. The van der Waals surface area contributed by atoms with Crippen molar-refractivity contribution in [3.05, 3.63) is 47.5 Å². The fourth-order valence-electron chi connectivity index (χ4n) is 4.41. The van der Waals surface area contributed by atoms with Crippen LogP contribution in [0.2, 0.25) is 0 Å². The molecule has 6 heteroatoms. The van der Waals surface area contributed by atoms with Crippen LogP contribution in [0.3, 0.4) is 0 Å². The molecule has 4 atom stereocenters. The largest absolute Gasteiger partial charge is 0.454 e. The predicted molar refractivity (Wildman–Crippen MR) is 89.5 cm³/mol. The van der Waals surface area contributed by atoms with E-state index < -0.39 is 0 Å². The van der Waals surface area contributed by atoms with E-state index in [0.717, 1.165) is 34.1 Å². The lowest BCUT2D eigenvalue weighted by Gasteiger charge is -2.17. The van der Waals surface area contributed by atoms with E-state index in [0.29, 0.717) is 25.0 Å². The quantitative estimate of drug-likeness (QED) is 0.825. The Bertz CT molecular complexity index is 794. The van der Waals surface area contributed by atoms with Gasteiger partial charge in [0.1, 0.15) is 0 Å². The molecule has 134 valence electrons. The third-order valence-electron chi connectivity index (χ3n) is 5.71. The van der Waals surface area contributed by atoms with Crippen LogP contribution in [-0.2, 0) is 9.47 Å². The third kappa shape index (κ3) is 2.12. The molecule has 0 aliphatic carbocycles. The molecular formula is C20H18O6. The lowest BCUT2D eigenvalue weighted by molar-refractivity contribution is 0.0192. The maximum absolute atomic E-state index is 6.18. The van der Waals surface area contributed by atoms with Crippen LogP contribution >= 0.6 is 0 Å². The van der Waals surface area contributed by atoms with Gasteiger partial charge in [-0.25, -0.2) is 0 Å². The van der Waals surface area contributed by atoms with Gasteiger partial charge >= 0.3 is 0 Å². The highest BCUT2D eigenvalue weighted by atomic mass is 16.7. The second-order valence-electron chi connectivity index (χ2n) is 7.06. The monoisotopic (exact) mass is 354 g/mol. The molecule has 6 nitrogen and oxygen atoms in total. The number of rotatable bonds is 2. The van der Waals surface area contributed by atoms with E-state index in [1.807, 2.05) is 24.3 Å². The zero-order valence-corrected chi connectivity index (χ0v) is 14.1. The van der Waals surface area contributed by atoms with E-state index >= 15 is 0 Å². The summed E-state index contributed by atoms with van der Waals surface area (Å²) in [5.74, 6) is 3.83. The van der Waals surface area contributed by atoms with Crippen LogP contribution in [0.1, 0.15) is 23.3 Å². The van der Waals surface area contributed by atoms with Crippen molar-refractivity contribution in [3.8, 4) is 23.0 Å². The molecule has 0 saturated carbocycles. The Kier molecular flexibility index (Phi) is 3.12. The van der Waals surface area contributed by atoms with Crippen LogP contribution in [-0.4, -0.2) is 26.8 Å². The van der Waals surface area contributed by atoms with E-state index in [1.54, 1.807) is 0 Å². The van der Waals surface area contributed by atoms with Crippen LogP contribution in [0.15, 0.2) is 36.4 Å². The molecule has 2 aromatic rings. The molecule has 0 N–H and O–H groups in total. The topological polar surface area (TPSA) is 55.4 Å². The Morgan fingerprint density at radius 2 is 1.04 bits per heavy atom. The third-order valence-corrected chi connectivity index (χ3v) is 5.71. The lowest BCUT2D eigenvalue weighted by Crippen LogP contribution is -2.14. The highest BCUT2D eigenvalue weighted by Crippen LogP contribution is 2.52. The van der Waals surface area contributed by atoms with Gasteiger partial charge in [-0.1, -0.05) is 12.1 Å². The van der Waals surface area contributed by atoms with Crippen molar-refractivity contribution in [3.63, 3.8) is 0 Å². The van der Waals surface area contributed by atoms with Crippen LogP contribution in [0, 0.1) is 11.8 Å². The van der Waals surface area contributed by atoms with E-state index in [2.05, 4.69) is 12.1 Å². The lowest BCUT2D eigenvalue weighted by atomic mass is 9.85. The Balaban J connectivity index is 1.27. The fraction of sp³-hybridized carbons (Fsp3) is 0.400. The maximum atomic E-state index is 6.18. The molecule has 0 bridgehead atoms. The molecule has 2 saturated heterocycles. The Labute approximate surface area is 150 Å². The summed E-state index contributed by atoms with van der Waals surface area (Å²) in [5, 5.41) is 0. The summed E-state index contributed by atoms with van der Waals surface area (Å²) in [7, 11) is 0. The van der Waals surface area contributed by atoms with Gasteiger partial charge in [0.2, 0.25) is 13.6 Å². The second-order valence-corrected chi connectivity index (χ2v) is 7.06. The Morgan fingerprint density at radius 1 is 0.577 bits per heavy atom. The van der Waals surface area contributed by atoms with E-state index in [9.17, 15) is 0 Å². The van der Waals surface area contributed by atoms with Gasteiger partial charge in [-0.3, -0.25) is 0 Å². The number of hydrogen-bond acceptors (Lipinski definition) is 6. The molecule has 2 aromatic carbocycles. The summed E-state index contributed by atoms with van der Waals surface area (Å²) < 4.78 is 34.2. The number of ether oxygens (including phenoxy) is 6. The highest BCUT2D eigenvalue weighted by molar-refractivity contribution is 5.46. The first-order chi connectivity index (χ1) is 12.9. The smallest absolute Gasteiger partial charge is 0.231 e. The van der Waals surface area contributed by atoms with Gasteiger partial charge in [-0.15, -0.1) is 0 Å². The zero-order chi connectivity index (χ0) is 17.1. The van der Waals surface area contributed by atoms with Gasteiger partial charge < -0.3 is 28.4 Å². The van der Waals surface area contributed by atoms with Gasteiger partial charge in [0.05, 0.1) is 25.4 Å². The maximum Gasteiger partial charge on any atom is 0.231 e. The van der Waals surface area contributed by atoms with Gasteiger partial charge in [0.15, 0.2) is 23.0 Å². The molecule has 0 amide bonds. The SMILES string of the molecule is c1cc2c(cc1[C@@H]1OCC3C1CO[C@H]3c1ccc3c(c1)OCO3)OCO2. The summed E-state index contributed by atoms with van der Waals surface area (Å²) in [6.45, 7) is 1.93. The van der Waals surface area contributed by atoms with E-state index in [-0.39, 0.29) is 25.8 Å². The van der Waals surface area contributed by atoms with Crippen molar-refractivity contribution in [2.45, 2.75) is 12.2 Å². The summed E-state index contributed by atoms with van der Waals surface area (Å²) in [6, 6.07) is 12.1. The first-order valence-corrected chi connectivity index (χ1v) is 8.89. The molecule has 2 unspecified atom stereocenters. The van der Waals surface area contributed by atoms with Crippen molar-refractivity contribution in [1.29, 1.82) is 0 Å². The molecular weight excluding hydrogens is 336 g/mol. The summed E-state index contributed by atoms with van der Waals surface area (Å²) in [4.78, 5) is 0. The van der Waals surface area contributed by atoms with Crippen LogP contribution in [0.5, 0.6) is 23.0 Å². The van der Waals surface area contributed by atoms with E-state index in [1.165, 1.54) is 0 Å². The van der Waals surface area contributed by atoms with Crippen molar-refractivity contribution < 1.29 is 28.4 Å². The molecule has 26 heavy (non-hydrogen) atoms. The molecule has 0 aromatic heterocycles. The minimum atomic E-state index is 0.0218. The first-order valence-electron chi connectivity index (χ1n) is 8.89. The van der Waals surface area contributed by atoms with Gasteiger partial charge in [0, 0.05) is 11.8 Å². The Hall–Kier alpha value is -2.44. The summed E-state index contributed by atoms with van der Waals surface area (Å²) in [5.41, 5.74) is 2.24. The van der Waals surface area contributed by atoms with Crippen molar-refractivity contribution >= 4 is 0 Å². The first kappa shape index (κ1) is 14.7. The van der Waals surface area contributed by atoms with Crippen LogP contribution < -0.4 is 18.9 Å². The average Bonchev–Trinajstić information content (AvgIpc) is 3.42. The predicted octanol–water partition coefficient (Wildman–Crippen LogP) is 3.22. The molecule has 4 aliphatic rings. The van der Waals surface area contributed by atoms with Crippen molar-refractivity contribution in [2.24, 2.45) is 11.8 Å².